The van der Waals surface area contributed by atoms with Crippen LogP contribution in [0.3, 0.4) is 0 Å². The van der Waals surface area contributed by atoms with Crippen LogP contribution < -0.4 is 16.8 Å². The number of nitrogens with two attached hydrogens (primary N) is 2. The molecule has 0 bridgehead atoms. The van der Waals surface area contributed by atoms with Gasteiger partial charge in [-0.1, -0.05) is 37.6 Å². The van der Waals surface area contributed by atoms with Crippen LogP contribution in [0.15, 0.2) is 30.3 Å². The molecule has 0 saturated heterocycles. The first kappa shape index (κ1) is 14.5. The van der Waals surface area contributed by atoms with E-state index in [9.17, 15) is 4.39 Å². The van der Waals surface area contributed by atoms with Gasteiger partial charge in [0.2, 0.25) is 0 Å². The number of hydrogen-bond acceptors (Lipinski definition) is 3. The van der Waals surface area contributed by atoms with E-state index in [2.05, 4.69) is 19.2 Å². The maximum Gasteiger partial charge on any atom is 0.169 e. The van der Waals surface area contributed by atoms with Gasteiger partial charge in [0.05, 0.1) is 17.1 Å². The van der Waals surface area contributed by atoms with E-state index in [0.717, 1.165) is 11.3 Å². The topological polar surface area (TPSA) is 64.1 Å². The van der Waals surface area contributed by atoms with E-state index < -0.39 is 5.82 Å². The summed E-state index contributed by atoms with van der Waals surface area (Å²) in [6.45, 7) is 4.18. The Morgan fingerprint density at radius 3 is 2.50 bits per heavy atom. The minimum atomic E-state index is -0.640. The van der Waals surface area contributed by atoms with E-state index in [1.807, 2.05) is 24.3 Å². The van der Waals surface area contributed by atoms with Gasteiger partial charge in [-0.15, -0.1) is 0 Å². The highest BCUT2D eigenvalue weighted by Crippen LogP contribution is 2.35. The monoisotopic (exact) mass is 293 g/mol. The highest BCUT2D eigenvalue weighted by molar-refractivity contribution is 6.33. The molecule has 5 heteroatoms. The number of rotatable bonds is 3. The Morgan fingerprint density at radius 2 is 1.85 bits per heavy atom. The van der Waals surface area contributed by atoms with Gasteiger partial charge in [0.15, 0.2) is 5.82 Å². The fourth-order valence-electron chi connectivity index (χ4n) is 1.91. The quantitative estimate of drug-likeness (QED) is 0.730. The van der Waals surface area contributed by atoms with Gasteiger partial charge in [0, 0.05) is 5.69 Å². The minimum Gasteiger partial charge on any atom is -0.397 e. The zero-order chi connectivity index (χ0) is 14.9. The number of nitrogens with one attached hydrogen (secondary N) is 1. The Balaban J connectivity index is 2.40. The van der Waals surface area contributed by atoms with Gasteiger partial charge in [0.25, 0.3) is 0 Å². The molecule has 0 saturated carbocycles. The van der Waals surface area contributed by atoms with Gasteiger partial charge in [0.1, 0.15) is 5.02 Å². The molecule has 5 N–H and O–H groups in total. The molecule has 106 valence electrons. The fraction of sp³-hybridized carbons (Fsp3) is 0.200. The largest absolute Gasteiger partial charge is 0.397 e. The van der Waals surface area contributed by atoms with Crippen molar-refractivity contribution in [3.05, 3.63) is 46.7 Å². The average Bonchev–Trinajstić information content (AvgIpc) is 2.41. The van der Waals surface area contributed by atoms with Crippen LogP contribution in [0.5, 0.6) is 0 Å². The number of halogens is 2. The van der Waals surface area contributed by atoms with Gasteiger partial charge in [-0.25, -0.2) is 4.39 Å². The van der Waals surface area contributed by atoms with Crippen LogP contribution in [0, 0.1) is 5.82 Å². The molecule has 0 aliphatic heterocycles. The second-order valence-electron chi connectivity index (χ2n) is 4.96. The van der Waals surface area contributed by atoms with E-state index in [1.165, 1.54) is 6.07 Å². The SMILES string of the molecule is CC(C)c1cccc(Nc2c(N)cc(N)c(Cl)c2F)c1. The minimum absolute atomic E-state index is 0.123. The highest BCUT2D eigenvalue weighted by Gasteiger charge is 2.14. The molecule has 0 spiro atoms. The van der Waals surface area contributed by atoms with Crippen molar-refractivity contribution in [1.82, 2.24) is 0 Å². The number of benzene rings is 2. The molecule has 20 heavy (non-hydrogen) atoms. The highest BCUT2D eigenvalue weighted by atomic mass is 35.5. The molecule has 2 aromatic rings. The van der Waals surface area contributed by atoms with Crippen molar-refractivity contribution in [2.45, 2.75) is 19.8 Å². The van der Waals surface area contributed by atoms with E-state index >= 15 is 0 Å². The third-order valence-corrected chi connectivity index (χ3v) is 3.47. The van der Waals surface area contributed by atoms with Gasteiger partial charge in [-0.05, 0) is 29.7 Å². The lowest BCUT2D eigenvalue weighted by Gasteiger charge is -2.14. The van der Waals surface area contributed by atoms with Crippen molar-refractivity contribution in [3.8, 4) is 0 Å². The Morgan fingerprint density at radius 1 is 1.15 bits per heavy atom. The number of anilines is 4. The van der Waals surface area contributed by atoms with Gasteiger partial charge in [-0.2, -0.15) is 0 Å². The van der Waals surface area contributed by atoms with Crippen molar-refractivity contribution in [2.75, 3.05) is 16.8 Å². The Labute approximate surface area is 122 Å². The van der Waals surface area contributed by atoms with Crippen LogP contribution >= 0.6 is 11.6 Å². The first-order chi connectivity index (χ1) is 9.40. The summed E-state index contributed by atoms with van der Waals surface area (Å²) < 4.78 is 14.1. The van der Waals surface area contributed by atoms with Crippen LogP contribution in [0.25, 0.3) is 0 Å². The summed E-state index contributed by atoms with van der Waals surface area (Å²) in [5.41, 5.74) is 13.8. The van der Waals surface area contributed by atoms with Crippen LogP contribution in [0.2, 0.25) is 5.02 Å². The predicted octanol–water partition coefficient (Wildman–Crippen LogP) is 4.51. The summed E-state index contributed by atoms with van der Waals surface area (Å²) >= 11 is 5.81. The average molecular weight is 294 g/mol. The summed E-state index contributed by atoms with van der Waals surface area (Å²) in [6.07, 6.45) is 0. The van der Waals surface area contributed by atoms with E-state index in [-0.39, 0.29) is 22.1 Å². The third-order valence-electron chi connectivity index (χ3n) is 3.09. The Bertz CT molecular complexity index is 641. The first-order valence-electron chi connectivity index (χ1n) is 6.30. The summed E-state index contributed by atoms with van der Waals surface area (Å²) in [6, 6.07) is 9.17. The maximum atomic E-state index is 14.1. The van der Waals surface area contributed by atoms with Crippen molar-refractivity contribution in [3.63, 3.8) is 0 Å². The summed E-state index contributed by atoms with van der Waals surface area (Å²) in [7, 11) is 0. The normalized spacial score (nSPS) is 10.8. The zero-order valence-corrected chi connectivity index (χ0v) is 12.1. The van der Waals surface area contributed by atoms with Crippen LogP contribution in [-0.4, -0.2) is 0 Å². The Kier molecular flexibility index (Phi) is 4.04. The molecular weight excluding hydrogens is 277 g/mol. The standard InChI is InChI=1S/C15H17ClFN3/c1-8(2)9-4-3-5-10(6-9)20-15-12(19)7-11(18)13(16)14(15)17/h3-8,20H,18-19H2,1-2H3. The Hall–Kier alpha value is -1.94. The lowest BCUT2D eigenvalue weighted by atomic mass is 10.0. The second-order valence-corrected chi connectivity index (χ2v) is 5.34. The molecule has 0 atom stereocenters. The number of nitrogen functional groups attached to an aromatic ring is 2. The molecule has 0 aromatic heterocycles. The maximum absolute atomic E-state index is 14.1. The van der Waals surface area contributed by atoms with Crippen molar-refractivity contribution in [2.24, 2.45) is 0 Å². The van der Waals surface area contributed by atoms with Crippen molar-refractivity contribution in [1.29, 1.82) is 0 Å². The number of hydrogen-bond donors (Lipinski definition) is 3. The molecule has 0 amide bonds. The fourth-order valence-corrected chi connectivity index (χ4v) is 2.06. The molecule has 0 unspecified atom stereocenters. The molecule has 2 aromatic carbocycles. The second kappa shape index (κ2) is 5.59. The zero-order valence-electron chi connectivity index (χ0n) is 11.4. The predicted molar refractivity (Wildman–Crippen MR) is 84.0 cm³/mol. The molecular formula is C15H17ClFN3. The lowest BCUT2D eigenvalue weighted by molar-refractivity contribution is 0.633. The summed E-state index contributed by atoms with van der Waals surface area (Å²) in [5.74, 6) is -0.256. The van der Waals surface area contributed by atoms with Crippen molar-refractivity contribution < 1.29 is 4.39 Å². The molecule has 0 heterocycles. The van der Waals surface area contributed by atoms with E-state index in [0.29, 0.717) is 5.92 Å². The van der Waals surface area contributed by atoms with Crippen LogP contribution in [-0.2, 0) is 0 Å². The van der Waals surface area contributed by atoms with Crippen LogP contribution in [0.1, 0.15) is 25.3 Å². The van der Waals surface area contributed by atoms with E-state index in [1.54, 1.807) is 0 Å². The lowest BCUT2D eigenvalue weighted by Crippen LogP contribution is -2.03. The van der Waals surface area contributed by atoms with Gasteiger partial charge < -0.3 is 16.8 Å². The first-order valence-corrected chi connectivity index (χ1v) is 6.68. The smallest absolute Gasteiger partial charge is 0.169 e. The molecule has 2 rings (SSSR count). The molecule has 0 fully saturated rings. The molecule has 0 radical (unpaired) electrons. The van der Waals surface area contributed by atoms with Crippen molar-refractivity contribution >= 4 is 34.4 Å². The summed E-state index contributed by atoms with van der Waals surface area (Å²) in [4.78, 5) is 0. The van der Waals surface area contributed by atoms with Gasteiger partial charge >= 0.3 is 0 Å². The molecule has 3 nitrogen and oxygen atoms in total. The molecule has 0 aliphatic carbocycles. The molecule has 0 aliphatic rings. The van der Waals surface area contributed by atoms with E-state index in [4.69, 9.17) is 23.1 Å². The third kappa shape index (κ3) is 2.80. The van der Waals surface area contributed by atoms with Gasteiger partial charge in [-0.3, -0.25) is 0 Å². The summed E-state index contributed by atoms with van der Waals surface area (Å²) in [5, 5.41) is 2.84. The van der Waals surface area contributed by atoms with Crippen LogP contribution in [0.4, 0.5) is 27.1 Å².